The topological polar surface area (TPSA) is 3.24 Å². The van der Waals surface area contributed by atoms with Gasteiger partial charge in [-0.3, -0.25) is 0 Å². The van der Waals surface area contributed by atoms with Crippen molar-refractivity contribution >= 4 is 8.24 Å². The van der Waals surface area contributed by atoms with Gasteiger partial charge in [0.15, 0.2) is 0 Å². The lowest BCUT2D eigenvalue weighted by atomic mass is 10.1. The van der Waals surface area contributed by atoms with Crippen molar-refractivity contribution < 1.29 is 0 Å². The summed E-state index contributed by atoms with van der Waals surface area (Å²) in [6.07, 6.45) is 2.62. The smallest absolute Gasteiger partial charge is 0.128 e. The first-order chi connectivity index (χ1) is 9.65. The van der Waals surface area contributed by atoms with Gasteiger partial charge in [0.2, 0.25) is 0 Å². The minimum Gasteiger partial charge on any atom is -0.317 e. The fourth-order valence-electron chi connectivity index (χ4n) is 3.44. The second kappa shape index (κ2) is 8.63. The van der Waals surface area contributed by atoms with E-state index in [1.807, 2.05) is 0 Å². The number of benzene rings is 1. The number of hydrogen-bond donors (Lipinski definition) is 0. The van der Waals surface area contributed by atoms with Crippen LogP contribution < -0.4 is 0 Å². The van der Waals surface area contributed by atoms with Gasteiger partial charge in [-0.1, -0.05) is 64.4 Å². The van der Waals surface area contributed by atoms with Crippen LogP contribution in [0.1, 0.15) is 59.1 Å². The van der Waals surface area contributed by atoms with Crippen LogP contribution in [0.5, 0.6) is 0 Å². The van der Waals surface area contributed by atoms with Crippen LogP contribution in [0, 0.1) is 0 Å². The molecule has 20 heavy (non-hydrogen) atoms. The summed E-state index contributed by atoms with van der Waals surface area (Å²) in [7, 11) is -1.30. The van der Waals surface area contributed by atoms with Crippen molar-refractivity contribution in [1.82, 2.24) is 4.57 Å². The second-order valence-corrected chi connectivity index (χ2v) is 11.1. The first kappa shape index (κ1) is 17.4. The van der Waals surface area contributed by atoms with E-state index in [1.165, 1.54) is 43.1 Å². The third-order valence-electron chi connectivity index (χ3n) is 5.09. The maximum atomic E-state index is 2.91. The van der Waals surface area contributed by atoms with Crippen molar-refractivity contribution in [2.75, 3.05) is 6.54 Å². The van der Waals surface area contributed by atoms with Crippen molar-refractivity contribution in [3.8, 4) is 0 Å². The molecule has 0 aliphatic rings. The molecule has 0 aromatic heterocycles. The molecule has 0 heterocycles. The fraction of sp³-hybridized carbons (Fsp3) is 0.667. The maximum absolute atomic E-state index is 2.91. The molecule has 0 bridgehead atoms. The molecule has 0 aliphatic heterocycles. The van der Waals surface area contributed by atoms with Crippen LogP contribution in [-0.2, 0) is 0 Å². The van der Waals surface area contributed by atoms with E-state index in [1.54, 1.807) is 0 Å². The average Bonchev–Trinajstić information content (AvgIpc) is 2.52. The van der Waals surface area contributed by atoms with E-state index in [-0.39, 0.29) is 0 Å². The molecule has 0 amide bonds. The molecular weight excluding hydrogens is 258 g/mol. The highest BCUT2D eigenvalue weighted by atomic mass is 28.3. The van der Waals surface area contributed by atoms with Crippen molar-refractivity contribution in [3.05, 3.63) is 35.9 Å². The minimum atomic E-state index is -1.30. The van der Waals surface area contributed by atoms with Gasteiger partial charge in [-0.15, -0.1) is 0 Å². The van der Waals surface area contributed by atoms with Crippen molar-refractivity contribution in [2.24, 2.45) is 0 Å². The predicted molar refractivity (Wildman–Crippen MR) is 93.7 cm³/mol. The highest BCUT2D eigenvalue weighted by Gasteiger charge is 2.37. The molecule has 1 aromatic carbocycles. The molecule has 0 aliphatic carbocycles. The summed E-state index contributed by atoms with van der Waals surface area (Å²) in [6.45, 7) is 13.2. The Morgan fingerprint density at radius 2 is 1.50 bits per heavy atom. The normalized spacial score (nSPS) is 13.7. The molecule has 1 aromatic rings. The van der Waals surface area contributed by atoms with Crippen LogP contribution in [0.3, 0.4) is 0 Å². The largest absolute Gasteiger partial charge is 0.317 e. The third kappa shape index (κ3) is 3.95. The Labute approximate surface area is 127 Å². The van der Waals surface area contributed by atoms with Gasteiger partial charge in [0.25, 0.3) is 0 Å². The molecule has 1 unspecified atom stereocenters. The maximum Gasteiger partial charge on any atom is 0.128 e. The number of rotatable bonds is 9. The van der Waals surface area contributed by atoms with Crippen LogP contribution >= 0.6 is 0 Å². The summed E-state index contributed by atoms with van der Waals surface area (Å²) in [5, 5.41) is 0. The summed E-state index contributed by atoms with van der Waals surface area (Å²) in [5.74, 6) is 0. The monoisotopic (exact) mass is 291 g/mol. The first-order valence-corrected chi connectivity index (χ1v) is 11.0. The van der Waals surface area contributed by atoms with Crippen molar-refractivity contribution in [2.45, 2.75) is 71.6 Å². The van der Waals surface area contributed by atoms with Crippen LogP contribution in [0.15, 0.2) is 30.3 Å². The molecule has 0 saturated heterocycles. The fourth-order valence-corrected chi connectivity index (χ4v) is 7.76. The zero-order chi connectivity index (χ0) is 15.0. The Balaban J connectivity index is 3.04. The number of nitrogens with zero attached hydrogens (tertiary/aromatic N) is 1. The lowest BCUT2D eigenvalue weighted by molar-refractivity contribution is 0.326. The molecule has 0 saturated carbocycles. The van der Waals surface area contributed by atoms with Gasteiger partial charge in [-0.05, 0) is 43.6 Å². The molecule has 114 valence electrons. The third-order valence-corrected chi connectivity index (χ3v) is 10.9. The van der Waals surface area contributed by atoms with Gasteiger partial charge < -0.3 is 4.57 Å². The predicted octanol–water partition coefficient (Wildman–Crippen LogP) is 5.85. The standard InChI is InChI=1S/C18H33NSi/c1-6-10-16-19(20(7-2,8-3)9-4)17(5)18-14-12-11-13-15-18/h11-15,17H,6-10,16H2,1-5H3. The van der Waals surface area contributed by atoms with Crippen LogP contribution in [0.4, 0.5) is 0 Å². The Kier molecular flexibility index (Phi) is 7.53. The van der Waals surface area contributed by atoms with Crippen LogP contribution in [0.2, 0.25) is 18.1 Å². The van der Waals surface area contributed by atoms with Crippen LogP contribution in [-0.4, -0.2) is 19.3 Å². The Morgan fingerprint density at radius 3 is 1.95 bits per heavy atom. The zero-order valence-electron chi connectivity index (χ0n) is 14.2. The van der Waals surface area contributed by atoms with E-state index in [0.29, 0.717) is 6.04 Å². The molecule has 0 fully saturated rings. The molecule has 1 atom stereocenters. The molecule has 0 N–H and O–H groups in total. The van der Waals surface area contributed by atoms with E-state index in [0.717, 1.165) is 0 Å². The summed E-state index contributed by atoms with van der Waals surface area (Å²) in [6, 6.07) is 15.8. The molecule has 0 radical (unpaired) electrons. The average molecular weight is 292 g/mol. The summed E-state index contributed by atoms with van der Waals surface area (Å²) in [5.41, 5.74) is 1.48. The number of hydrogen-bond acceptors (Lipinski definition) is 1. The lowest BCUT2D eigenvalue weighted by Gasteiger charge is -2.45. The van der Waals surface area contributed by atoms with E-state index in [4.69, 9.17) is 0 Å². The van der Waals surface area contributed by atoms with E-state index >= 15 is 0 Å². The molecule has 1 rings (SSSR count). The molecular formula is C18H33NSi. The molecule has 0 spiro atoms. The van der Waals surface area contributed by atoms with Gasteiger partial charge in [0.05, 0.1) is 0 Å². The summed E-state index contributed by atoms with van der Waals surface area (Å²) < 4.78 is 2.91. The van der Waals surface area contributed by atoms with Gasteiger partial charge >= 0.3 is 0 Å². The lowest BCUT2D eigenvalue weighted by Crippen LogP contribution is -2.53. The Bertz CT molecular complexity index is 351. The second-order valence-electron chi connectivity index (χ2n) is 5.92. The first-order valence-electron chi connectivity index (χ1n) is 8.46. The van der Waals surface area contributed by atoms with Gasteiger partial charge in [-0.25, -0.2) is 0 Å². The SMILES string of the molecule is CCCCN(C(C)c1ccccc1)[Si](CC)(CC)CC. The highest BCUT2D eigenvalue weighted by molar-refractivity contribution is 6.77. The quantitative estimate of drug-likeness (QED) is 0.515. The Morgan fingerprint density at radius 1 is 0.950 bits per heavy atom. The van der Waals surface area contributed by atoms with Gasteiger partial charge in [0.1, 0.15) is 8.24 Å². The van der Waals surface area contributed by atoms with E-state index in [2.05, 4.69) is 69.5 Å². The zero-order valence-corrected chi connectivity index (χ0v) is 15.2. The minimum absolute atomic E-state index is 0.564. The highest BCUT2D eigenvalue weighted by Crippen LogP contribution is 2.33. The van der Waals surface area contributed by atoms with E-state index < -0.39 is 8.24 Å². The van der Waals surface area contributed by atoms with Crippen molar-refractivity contribution in [1.29, 1.82) is 0 Å². The van der Waals surface area contributed by atoms with Crippen LogP contribution in [0.25, 0.3) is 0 Å². The Hall–Kier alpha value is -0.603. The summed E-state index contributed by atoms with van der Waals surface area (Å²) >= 11 is 0. The molecule has 2 heteroatoms. The number of unbranched alkanes of at least 4 members (excludes halogenated alkanes) is 1. The van der Waals surface area contributed by atoms with Gasteiger partial charge in [0, 0.05) is 6.04 Å². The van der Waals surface area contributed by atoms with Crippen molar-refractivity contribution in [3.63, 3.8) is 0 Å². The van der Waals surface area contributed by atoms with E-state index in [9.17, 15) is 0 Å². The summed E-state index contributed by atoms with van der Waals surface area (Å²) in [4.78, 5) is 0. The van der Waals surface area contributed by atoms with Gasteiger partial charge in [-0.2, -0.15) is 0 Å². The molecule has 1 nitrogen and oxygen atoms in total.